The van der Waals surface area contributed by atoms with E-state index in [4.69, 9.17) is 15.9 Å². The van der Waals surface area contributed by atoms with Gasteiger partial charge in [0.1, 0.15) is 42.2 Å². The van der Waals surface area contributed by atoms with Crippen LogP contribution < -0.4 is 14.8 Å². The average Bonchev–Trinajstić information content (AvgIpc) is 2.90. The van der Waals surface area contributed by atoms with Gasteiger partial charge in [0, 0.05) is 24.3 Å². The lowest BCUT2D eigenvalue weighted by molar-refractivity contribution is 0.116. The summed E-state index contributed by atoms with van der Waals surface area (Å²) in [6.07, 6.45) is 9.39. The van der Waals surface area contributed by atoms with Crippen LogP contribution in [0, 0.1) is 18.2 Å². The largest absolute Gasteiger partial charge is 0.489 e. The first-order chi connectivity index (χ1) is 17.6. The third-order valence-corrected chi connectivity index (χ3v) is 6.32. The Hall–Kier alpha value is -4.15. The molecule has 1 fully saturated rings. The Balaban J connectivity index is 1.38. The topological polar surface area (TPSA) is 59.5 Å². The highest BCUT2D eigenvalue weighted by Gasteiger charge is 2.20. The van der Waals surface area contributed by atoms with Gasteiger partial charge in [-0.05, 0) is 56.3 Å². The van der Waals surface area contributed by atoms with Crippen LogP contribution in [0.15, 0.2) is 67.0 Å². The number of benzene rings is 3. The van der Waals surface area contributed by atoms with Crippen LogP contribution in [0.3, 0.4) is 0 Å². The molecule has 1 aliphatic rings. The van der Waals surface area contributed by atoms with Crippen molar-refractivity contribution in [3.05, 3.63) is 83.9 Å². The molecular formula is C29H27FN4O2. The summed E-state index contributed by atoms with van der Waals surface area (Å²) in [4.78, 5) is 11.2. The van der Waals surface area contributed by atoms with Gasteiger partial charge in [-0.25, -0.2) is 14.4 Å². The van der Waals surface area contributed by atoms with Gasteiger partial charge in [0.2, 0.25) is 0 Å². The number of nitrogens with one attached hydrogen (secondary N) is 1. The third kappa shape index (κ3) is 5.24. The van der Waals surface area contributed by atoms with Crippen molar-refractivity contribution in [1.82, 2.24) is 14.9 Å². The predicted molar refractivity (Wildman–Crippen MR) is 139 cm³/mol. The van der Waals surface area contributed by atoms with Gasteiger partial charge in [0.15, 0.2) is 0 Å². The second-order valence-corrected chi connectivity index (χ2v) is 8.85. The molecule has 1 saturated heterocycles. The summed E-state index contributed by atoms with van der Waals surface area (Å²) in [6, 6.07) is 17.8. The number of piperidine rings is 1. The number of fused-ring (bicyclic) bond motifs is 1. The lowest BCUT2D eigenvalue weighted by Crippen LogP contribution is -2.35. The van der Waals surface area contributed by atoms with Gasteiger partial charge < -0.3 is 19.7 Å². The first-order valence-corrected chi connectivity index (χ1v) is 11.9. The van der Waals surface area contributed by atoms with Crippen molar-refractivity contribution in [2.75, 3.05) is 25.5 Å². The third-order valence-electron chi connectivity index (χ3n) is 6.32. The van der Waals surface area contributed by atoms with Crippen molar-refractivity contribution >= 4 is 22.4 Å². The van der Waals surface area contributed by atoms with Crippen LogP contribution in [0.1, 0.15) is 24.0 Å². The molecule has 0 radical (unpaired) electrons. The van der Waals surface area contributed by atoms with E-state index in [-0.39, 0.29) is 18.5 Å². The minimum atomic E-state index is -0.313. The normalized spacial score (nSPS) is 14.4. The standard InChI is InChI=1S/C29H27FN4O2/c1-3-20-17-22(11-12-26(20)35-18-21-7-4-5-8-24(21)30)33-29-28-25(31-19-32-29)9-6-10-27(28)36-23-13-15-34(2)16-14-23/h1,4-12,17,19,23H,13-16,18H2,2H3,(H,31,32,33). The highest BCUT2D eigenvalue weighted by atomic mass is 19.1. The summed E-state index contributed by atoms with van der Waals surface area (Å²) >= 11 is 0. The van der Waals surface area contributed by atoms with E-state index >= 15 is 0 Å². The molecule has 6 nitrogen and oxygen atoms in total. The van der Waals surface area contributed by atoms with Crippen molar-refractivity contribution in [2.45, 2.75) is 25.6 Å². The SMILES string of the molecule is C#Cc1cc(Nc2ncnc3cccc(OC4CCN(C)CC4)c23)ccc1OCc1ccccc1F. The Bertz CT molecular complexity index is 1410. The number of aromatic nitrogens is 2. The van der Waals surface area contributed by atoms with Crippen LogP contribution in [0.25, 0.3) is 10.9 Å². The zero-order valence-corrected chi connectivity index (χ0v) is 20.1. The maximum absolute atomic E-state index is 14.0. The number of rotatable bonds is 7. The Morgan fingerprint density at radius 3 is 2.69 bits per heavy atom. The number of anilines is 2. The van der Waals surface area contributed by atoms with Gasteiger partial charge in [-0.3, -0.25) is 0 Å². The zero-order chi connectivity index (χ0) is 24.9. The van der Waals surface area contributed by atoms with E-state index in [0.29, 0.717) is 22.7 Å². The van der Waals surface area contributed by atoms with Gasteiger partial charge in [-0.2, -0.15) is 0 Å². The minimum Gasteiger partial charge on any atom is -0.489 e. The fraction of sp³-hybridized carbons (Fsp3) is 0.241. The molecule has 5 rings (SSSR count). The summed E-state index contributed by atoms with van der Waals surface area (Å²) < 4.78 is 26.2. The fourth-order valence-corrected chi connectivity index (χ4v) is 4.31. The quantitative estimate of drug-likeness (QED) is 0.349. The number of ether oxygens (including phenoxy) is 2. The molecular weight excluding hydrogens is 455 g/mol. The van der Waals surface area contributed by atoms with Crippen LogP contribution in [0.4, 0.5) is 15.9 Å². The van der Waals surface area contributed by atoms with Crippen LogP contribution in [-0.2, 0) is 6.61 Å². The molecule has 1 N–H and O–H groups in total. The highest BCUT2D eigenvalue weighted by molar-refractivity contribution is 5.95. The number of likely N-dealkylation sites (tertiary alicyclic amines) is 1. The van der Waals surface area contributed by atoms with Crippen LogP contribution in [0.5, 0.6) is 11.5 Å². The molecule has 0 aliphatic carbocycles. The number of hydrogen-bond acceptors (Lipinski definition) is 6. The monoisotopic (exact) mass is 482 g/mol. The molecule has 1 aromatic heterocycles. The summed E-state index contributed by atoms with van der Waals surface area (Å²) in [5.41, 5.74) is 2.56. The molecule has 2 heterocycles. The Labute approximate surface area is 210 Å². The van der Waals surface area contributed by atoms with Crippen molar-refractivity contribution in [3.8, 4) is 23.8 Å². The minimum absolute atomic E-state index is 0.0856. The van der Waals surface area contributed by atoms with E-state index in [0.717, 1.165) is 48.3 Å². The van der Waals surface area contributed by atoms with Gasteiger partial charge in [0.05, 0.1) is 16.5 Å². The van der Waals surface area contributed by atoms with Gasteiger partial charge in [0.25, 0.3) is 0 Å². The molecule has 182 valence electrons. The van der Waals surface area contributed by atoms with Crippen LogP contribution >= 0.6 is 0 Å². The second-order valence-electron chi connectivity index (χ2n) is 8.85. The molecule has 0 unspecified atom stereocenters. The summed E-state index contributed by atoms with van der Waals surface area (Å²) in [6.45, 7) is 2.11. The molecule has 0 amide bonds. The zero-order valence-electron chi connectivity index (χ0n) is 20.1. The predicted octanol–water partition coefficient (Wildman–Crippen LogP) is 5.55. The Kier molecular flexibility index (Phi) is 6.96. The molecule has 0 atom stereocenters. The maximum Gasteiger partial charge on any atom is 0.145 e. The number of halogens is 1. The van der Waals surface area contributed by atoms with Gasteiger partial charge in [-0.1, -0.05) is 30.2 Å². The summed E-state index contributed by atoms with van der Waals surface area (Å²) in [5.74, 6) is 4.24. The van der Waals surface area contributed by atoms with E-state index in [1.807, 2.05) is 30.3 Å². The molecule has 4 aromatic rings. The lowest BCUT2D eigenvalue weighted by Gasteiger charge is -2.29. The Morgan fingerprint density at radius 1 is 1.06 bits per heavy atom. The Morgan fingerprint density at radius 2 is 1.89 bits per heavy atom. The van der Waals surface area contributed by atoms with Crippen LogP contribution in [0.2, 0.25) is 0 Å². The summed E-state index contributed by atoms with van der Waals surface area (Å²) in [5, 5.41) is 4.19. The van der Waals surface area contributed by atoms with E-state index in [9.17, 15) is 4.39 Å². The molecule has 1 aliphatic heterocycles. The lowest BCUT2D eigenvalue weighted by atomic mass is 10.1. The molecule has 3 aromatic carbocycles. The van der Waals surface area contributed by atoms with E-state index in [1.165, 1.54) is 12.4 Å². The van der Waals surface area contributed by atoms with Crippen molar-refractivity contribution in [3.63, 3.8) is 0 Å². The average molecular weight is 483 g/mol. The fourth-order valence-electron chi connectivity index (χ4n) is 4.31. The number of nitrogens with zero attached hydrogens (tertiary/aromatic N) is 3. The number of terminal acetylenes is 1. The molecule has 0 spiro atoms. The first kappa shape index (κ1) is 23.6. The molecule has 7 heteroatoms. The van der Waals surface area contributed by atoms with E-state index < -0.39 is 0 Å². The van der Waals surface area contributed by atoms with Crippen LogP contribution in [-0.4, -0.2) is 41.1 Å². The maximum atomic E-state index is 14.0. The van der Waals surface area contributed by atoms with Gasteiger partial charge in [-0.15, -0.1) is 6.42 Å². The van der Waals surface area contributed by atoms with Gasteiger partial charge >= 0.3 is 0 Å². The summed E-state index contributed by atoms with van der Waals surface area (Å²) in [7, 11) is 2.13. The number of hydrogen-bond donors (Lipinski definition) is 1. The van der Waals surface area contributed by atoms with E-state index in [1.54, 1.807) is 24.3 Å². The molecule has 0 saturated carbocycles. The highest BCUT2D eigenvalue weighted by Crippen LogP contribution is 2.34. The second kappa shape index (κ2) is 10.6. The molecule has 36 heavy (non-hydrogen) atoms. The smallest absolute Gasteiger partial charge is 0.145 e. The molecule has 0 bridgehead atoms. The first-order valence-electron chi connectivity index (χ1n) is 11.9. The van der Waals surface area contributed by atoms with Crippen molar-refractivity contribution < 1.29 is 13.9 Å². The van der Waals surface area contributed by atoms with Crippen molar-refractivity contribution in [2.24, 2.45) is 0 Å². The van der Waals surface area contributed by atoms with E-state index in [2.05, 4.69) is 33.2 Å². The van der Waals surface area contributed by atoms with Crippen molar-refractivity contribution in [1.29, 1.82) is 0 Å².